The van der Waals surface area contributed by atoms with Crippen LogP contribution in [0.25, 0.3) is 0 Å². The molecule has 1 N–H and O–H groups in total. The first-order valence-electron chi connectivity index (χ1n) is 8.31. The lowest BCUT2D eigenvalue weighted by Crippen LogP contribution is -2.17. The van der Waals surface area contributed by atoms with E-state index in [1.54, 1.807) is 0 Å². The van der Waals surface area contributed by atoms with Crippen LogP contribution in [0.5, 0.6) is 5.75 Å². The predicted molar refractivity (Wildman–Crippen MR) is 79.8 cm³/mol. The molecule has 3 aliphatic rings. The van der Waals surface area contributed by atoms with Crippen molar-refractivity contribution in [3.05, 3.63) is 29.1 Å². The topological polar surface area (TPSA) is 46.5 Å². The third kappa shape index (κ3) is 2.71. The van der Waals surface area contributed by atoms with Gasteiger partial charge >= 0.3 is 5.97 Å². The van der Waals surface area contributed by atoms with E-state index in [9.17, 15) is 9.18 Å². The summed E-state index contributed by atoms with van der Waals surface area (Å²) in [4.78, 5) is 11.1. The van der Waals surface area contributed by atoms with Gasteiger partial charge in [-0.25, -0.2) is 9.18 Å². The first-order chi connectivity index (χ1) is 10.6. The Bertz CT molecular complexity index is 609. The molecule has 0 spiro atoms. The molecule has 118 valence electrons. The van der Waals surface area contributed by atoms with Crippen LogP contribution in [0.3, 0.4) is 0 Å². The fourth-order valence-electron chi connectivity index (χ4n) is 3.88. The van der Waals surface area contributed by atoms with E-state index in [4.69, 9.17) is 9.84 Å². The minimum absolute atomic E-state index is 0.243. The highest BCUT2D eigenvalue weighted by atomic mass is 19.1. The SMILES string of the molecule is O=C(O)c1cc(C2CC2)c(OCC2CCC3CC3C2)cc1F. The van der Waals surface area contributed by atoms with Crippen LogP contribution < -0.4 is 4.74 Å². The smallest absolute Gasteiger partial charge is 0.338 e. The molecule has 3 atom stereocenters. The summed E-state index contributed by atoms with van der Waals surface area (Å²) < 4.78 is 19.9. The normalized spacial score (nSPS) is 29.8. The number of carboxylic acids is 1. The lowest BCUT2D eigenvalue weighted by Gasteiger charge is -2.22. The minimum Gasteiger partial charge on any atom is -0.493 e. The second kappa shape index (κ2) is 5.25. The maximum absolute atomic E-state index is 13.9. The largest absolute Gasteiger partial charge is 0.493 e. The second-order valence-electron chi connectivity index (χ2n) is 7.20. The molecule has 3 unspecified atom stereocenters. The molecule has 4 rings (SSSR count). The van der Waals surface area contributed by atoms with Crippen molar-refractivity contribution in [1.82, 2.24) is 0 Å². The van der Waals surface area contributed by atoms with Crippen molar-refractivity contribution in [1.29, 1.82) is 0 Å². The Kier molecular flexibility index (Phi) is 3.35. The van der Waals surface area contributed by atoms with Gasteiger partial charge in [-0.3, -0.25) is 0 Å². The quantitative estimate of drug-likeness (QED) is 0.886. The van der Waals surface area contributed by atoms with Crippen LogP contribution in [0.1, 0.15) is 60.4 Å². The molecular formula is C18H21FO3. The van der Waals surface area contributed by atoms with Crippen molar-refractivity contribution in [3.63, 3.8) is 0 Å². The van der Waals surface area contributed by atoms with Crippen molar-refractivity contribution in [3.8, 4) is 5.75 Å². The highest BCUT2D eigenvalue weighted by Gasteiger charge is 2.42. The van der Waals surface area contributed by atoms with E-state index >= 15 is 0 Å². The standard InChI is InChI=1S/C18H21FO3/c19-16-8-17(14(11-3-4-11)7-15(16)18(20)21)22-9-10-1-2-12-6-13(12)5-10/h7-8,10-13H,1-6,9H2,(H,20,21). The molecule has 3 saturated carbocycles. The minimum atomic E-state index is -1.21. The van der Waals surface area contributed by atoms with Gasteiger partial charge in [0.2, 0.25) is 0 Å². The summed E-state index contributed by atoms with van der Waals surface area (Å²) in [6.45, 7) is 0.634. The summed E-state index contributed by atoms with van der Waals surface area (Å²) in [7, 11) is 0. The molecule has 0 bridgehead atoms. The van der Waals surface area contributed by atoms with Gasteiger partial charge in [-0.15, -0.1) is 0 Å². The van der Waals surface area contributed by atoms with E-state index in [1.165, 1.54) is 37.8 Å². The van der Waals surface area contributed by atoms with Crippen molar-refractivity contribution in [2.24, 2.45) is 17.8 Å². The Hall–Kier alpha value is -1.58. The van der Waals surface area contributed by atoms with Gasteiger partial charge in [0.05, 0.1) is 12.2 Å². The summed E-state index contributed by atoms with van der Waals surface area (Å²) in [5.74, 6) is 1.42. The monoisotopic (exact) mass is 304 g/mol. The molecule has 1 aromatic rings. The van der Waals surface area contributed by atoms with Gasteiger partial charge in [0, 0.05) is 6.07 Å². The summed E-state index contributed by atoms with van der Waals surface area (Å²) in [6, 6.07) is 2.75. The van der Waals surface area contributed by atoms with Crippen LogP contribution in [-0.4, -0.2) is 17.7 Å². The van der Waals surface area contributed by atoms with Gasteiger partial charge in [0.25, 0.3) is 0 Å². The summed E-state index contributed by atoms with van der Waals surface area (Å²) in [6.07, 6.45) is 7.20. The van der Waals surface area contributed by atoms with Crippen molar-refractivity contribution in [2.75, 3.05) is 6.61 Å². The zero-order valence-electron chi connectivity index (χ0n) is 12.6. The summed E-state index contributed by atoms with van der Waals surface area (Å²) >= 11 is 0. The van der Waals surface area contributed by atoms with Gasteiger partial charge in [0.1, 0.15) is 11.6 Å². The van der Waals surface area contributed by atoms with E-state index < -0.39 is 11.8 Å². The van der Waals surface area contributed by atoms with Crippen LogP contribution in [0.2, 0.25) is 0 Å². The Balaban J connectivity index is 1.50. The molecule has 1 aromatic carbocycles. The van der Waals surface area contributed by atoms with Crippen molar-refractivity contribution in [2.45, 2.75) is 44.4 Å². The first-order valence-corrected chi connectivity index (χ1v) is 8.31. The highest BCUT2D eigenvalue weighted by Crippen LogP contribution is 2.51. The maximum atomic E-state index is 13.9. The number of halogens is 1. The summed E-state index contributed by atoms with van der Waals surface area (Å²) in [5.41, 5.74) is 0.631. The lowest BCUT2D eigenvalue weighted by molar-refractivity contribution is 0.0691. The van der Waals surface area contributed by atoms with E-state index in [0.717, 1.165) is 30.2 Å². The van der Waals surface area contributed by atoms with Crippen LogP contribution in [0.15, 0.2) is 12.1 Å². The number of hydrogen-bond acceptors (Lipinski definition) is 2. The van der Waals surface area contributed by atoms with Crippen LogP contribution in [0.4, 0.5) is 4.39 Å². The number of rotatable bonds is 5. The first kappa shape index (κ1) is 14.0. The number of fused-ring (bicyclic) bond motifs is 1. The Morgan fingerprint density at radius 2 is 2.00 bits per heavy atom. The number of carboxylic acid groups (broad SMARTS) is 1. The van der Waals surface area contributed by atoms with E-state index in [-0.39, 0.29) is 5.56 Å². The Morgan fingerprint density at radius 3 is 2.68 bits per heavy atom. The number of ether oxygens (including phenoxy) is 1. The number of hydrogen-bond donors (Lipinski definition) is 1. The fraction of sp³-hybridized carbons (Fsp3) is 0.611. The number of aromatic carboxylic acids is 1. The van der Waals surface area contributed by atoms with E-state index in [2.05, 4.69) is 0 Å². The van der Waals surface area contributed by atoms with Crippen LogP contribution >= 0.6 is 0 Å². The molecule has 3 fully saturated rings. The van der Waals surface area contributed by atoms with Gasteiger partial charge in [0.15, 0.2) is 0 Å². The molecule has 3 nitrogen and oxygen atoms in total. The fourth-order valence-corrected chi connectivity index (χ4v) is 3.88. The molecule has 0 aliphatic heterocycles. The number of benzene rings is 1. The van der Waals surface area contributed by atoms with Gasteiger partial charge < -0.3 is 9.84 Å². The Morgan fingerprint density at radius 1 is 1.18 bits per heavy atom. The van der Waals surface area contributed by atoms with Gasteiger partial charge in [-0.05, 0) is 73.8 Å². The molecule has 4 heteroatoms. The molecule has 0 heterocycles. The van der Waals surface area contributed by atoms with E-state index in [0.29, 0.717) is 24.2 Å². The van der Waals surface area contributed by atoms with Crippen LogP contribution in [-0.2, 0) is 0 Å². The molecule has 22 heavy (non-hydrogen) atoms. The molecule has 0 saturated heterocycles. The molecule has 0 radical (unpaired) electrons. The summed E-state index contributed by atoms with van der Waals surface area (Å²) in [5, 5.41) is 9.07. The van der Waals surface area contributed by atoms with Gasteiger partial charge in [-0.2, -0.15) is 0 Å². The zero-order valence-corrected chi connectivity index (χ0v) is 12.6. The third-order valence-corrected chi connectivity index (χ3v) is 5.47. The van der Waals surface area contributed by atoms with Crippen molar-refractivity contribution >= 4 is 5.97 Å². The van der Waals surface area contributed by atoms with Crippen LogP contribution in [0, 0.1) is 23.6 Å². The van der Waals surface area contributed by atoms with Crippen molar-refractivity contribution < 1.29 is 19.0 Å². The molecule has 0 amide bonds. The molecule has 3 aliphatic carbocycles. The molecular weight excluding hydrogens is 283 g/mol. The second-order valence-corrected chi connectivity index (χ2v) is 7.20. The lowest BCUT2D eigenvalue weighted by atomic mass is 9.90. The predicted octanol–water partition coefficient (Wildman–Crippen LogP) is 4.22. The maximum Gasteiger partial charge on any atom is 0.338 e. The highest BCUT2D eigenvalue weighted by molar-refractivity contribution is 5.88. The average Bonchev–Trinajstić information content (AvgIpc) is 3.36. The van der Waals surface area contributed by atoms with Gasteiger partial charge in [-0.1, -0.05) is 0 Å². The number of carbonyl (C=O) groups is 1. The molecule has 0 aromatic heterocycles. The third-order valence-electron chi connectivity index (χ3n) is 5.47. The Labute approximate surface area is 129 Å². The van der Waals surface area contributed by atoms with E-state index in [1.807, 2.05) is 0 Å². The zero-order chi connectivity index (χ0) is 15.3. The average molecular weight is 304 g/mol.